The topological polar surface area (TPSA) is 38.5 Å². The van der Waals surface area contributed by atoms with Crippen LogP contribution in [0.15, 0.2) is 0 Å². The van der Waals surface area contributed by atoms with Crippen LogP contribution >= 0.6 is 12.2 Å². The Morgan fingerprint density at radius 3 is 2.94 bits per heavy atom. The molecular weight excluding hydrogens is 220 g/mol. The molecule has 1 fully saturated rings. The van der Waals surface area contributed by atoms with Crippen LogP contribution in [0.25, 0.3) is 0 Å². The lowest BCUT2D eigenvalue weighted by atomic mass is 9.96. The minimum Gasteiger partial charge on any atom is -0.393 e. The molecule has 0 bridgehead atoms. The largest absolute Gasteiger partial charge is 0.393 e. The predicted octanol–water partition coefficient (Wildman–Crippen LogP) is 1.80. The van der Waals surface area contributed by atoms with Gasteiger partial charge in [0.15, 0.2) is 0 Å². The lowest BCUT2D eigenvalue weighted by molar-refractivity contribution is 0.0686. The fourth-order valence-electron chi connectivity index (χ4n) is 2.56. The van der Waals surface area contributed by atoms with Gasteiger partial charge >= 0.3 is 0 Å². The van der Waals surface area contributed by atoms with Crippen molar-refractivity contribution < 1.29 is 4.74 Å². The maximum atomic E-state index is 5.65. The van der Waals surface area contributed by atoms with E-state index in [4.69, 9.17) is 22.7 Å². The zero-order valence-corrected chi connectivity index (χ0v) is 11.3. The summed E-state index contributed by atoms with van der Waals surface area (Å²) in [5.74, 6) is 0.680. The molecule has 1 aliphatic rings. The van der Waals surface area contributed by atoms with E-state index in [0.29, 0.717) is 16.9 Å². The summed E-state index contributed by atoms with van der Waals surface area (Å²) in [5.41, 5.74) is 5.65. The first-order valence-corrected chi connectivity index (χ1v) is 6.59. The second-order valence-electron chi connectivity index (χ2n) is 4.69. The number of hydrogen-bond donors (Lipinski definition) is 1. The summed E-state index contributed by atoms with van der Waals surface area (Å²) in [7, 11) is 1.78. The molecule has 0 radical (unpaired) electrons. The molecule has 0 spiro atoms. The van der Waals surface area contributed by atoms with Crippen LogP contribution < -0.4 is 5.73 Å². The standard InChI is InChI=1S/C12H24N2OS/c1-3-11(7-12(13)16)14-6-4-5-10(8-14)9-15-2/h10-11H,3-9H2,1-2H3,(H2,13,16). The molecule has 0 saturated carbocycles. The van der Waals surface area contributed by atoms with E-state index in [9.17, 15) is 0 Å². The number of rotatable bonds is 6. The second-order valence-corrected chi connectivity index (χ2v) is 5.22. The Bertz CT molecular complexity index is 221. The van der Waals surface area contributed by atoms with Gasteiger partial charge in [-0.05, 0) is 31.7 Å². The highest BCUT2D eigenvalue weighted by Gasteiger charge is 2.25. The van der Waals surface area contributed by atoms with Crippen molar-refractivity contribution in [2.45, 2.75) is 38.6 Å². The summed E-state index contributed by atoms with van der Waals surface area (Å²) in [6.45, 7) is 5.40. The van der Waals surface area contributed by atoms with Gasteiger partial charge in [0.1, 0.15) is 0 Å². The van der Waals surface area contributed by atoms with Crippen LogP contribution in [0.5, 0.6) is 0 Å². The van der Waals surface area contributed by atoms with Gasteiger partial charge in [-0.15, -0.1) is 0 Å². The van der Waals surface area contributed by atoms with Crippen LogP contribution in [0.3, 0.4) is 0 Å². The van der Waals surface area contributed by atoms with Crippen LogP contribution in [-0.2, 0) is 4.74 Å². The molecular formula is C12H24N2OS. The maximum absolute atomic E-state index is 5.65. The molecule has 2 unspecified atom stereocenters. The fourth-order valence-corrected chi connectivity index (χ4v) is 2.76. The molecule has 1 heterocycles. The minimum absolute atomic E-state index is 0.525. The zero-order valence-electron chi connectivity index (χ0n) is 10.4. The number of piperidine rings is 1. The lowest BCUT2D eigenvalue weighted by Gasteiger charge is -2.37. The molecule has 94 valence electrons. The van der Waals surface area contributed by atoms with Crippen LogP contribution in [0.2, 0.25) is 0 Å². The van der Waals surface area contributed by atoms with Gasteiger partial charge in [0.25, 0.3) is 0 Å². The average molecular weight is 244 g/mol. The highest BCUT2D eigenvalue weighted by atomic mass is 32.1. The first-order chi connectivity index (χ1) is 7.67. The van der Waals surface area contributed by atoms with Crippen molar-refractivity contribution >= 4 is 17.2 Å². The number of methoxy groups -OCH3 is 1. The Balaban J connectivity index is 2.46. The van der Waals surface area contributed by atoms with Crippen LogP contribution in [-0.4, -0.2) is 42.7 Å². The highest BCUT2D eigenvalue weighted by Crippen LogP contribution is 2.21. The average Bonchev–Trinajstić information content (AvgIpc) is 2.26. The third-order valence-electron chi connectivity index (χ3n) is 3.38. The van der Waals surface area contributed by atoms with Crippen molar-refractivity contribution in [2.24, 2.45) is 11.7 Å². The molecule has 3 nitrogen and oxygen atoms in total. The Morgan fingerprint density at radius 1 is 1.62 bits per heavy atom. The Kier molecular flexibility index (Phi) is 6.24. The van der Waals surface area contributed by atoms with Gasteiger partial charge in [0.05, 0.1) is 11.6 Å². The molecule has 1 aliphatic heterocycles. The molecule has 2 atom stereocenters. The first kappa shape index (κ1) is 13.9. The predicted molar refractivity (Wildman–Crippen MR) is 71.7 cm³/mol. The maximum Gasteiger partial charge on any atom is 0.0743 e. The number of nitrogens with two attached hydrogens (primary N) is 1. The molecule has 0 aliphatic carbocycles. The van der Waals surface area contributed by atoms with Crippen molar-refractivity contribution in [2.75, 3.05) is 26.8 Å². The highest BCUT2D eigenvalue weighted by molar-refractivity contribution is 7.80. The van der Waals surface area contributed by atoms with E-state index in [1.165, 1.54) is 19.4 Å². The summed E-state index contributed by atoms with van der Waals surface area (Å²) in [4.78, 5) is 3.17. The fraction of sp³-hybridized carbons (Fsp3) is 0.917. The van der Waals surface area contributed by atoms with Gasteiger partial charge in [-0.3, -0.25) is 4.90 Å². The Hall–Kier alpha value is -0.190. The number of nitrogens with zero attached hydrogens (tertiary/aromatic N) is 1. The van der Waals surface area contributed by atoms with Crippen molar-refractivity contribution in [3.8, 4) is 0 Å². The van der Waals surface area contributed by atoms with E-state index in [1.807, 2.05) is 0 Å². The number of thiocarbonyl (C=S) groups is 1. The molecule has 0 aromatic heterocycles. The van der Waals surface area contributed by atoms with Crippen LogP contribution in [0, 0.1) is 5.92 Å². The minimum atomic E-state index is 0.525. The van der Waals surface area contributed by atoms with Gasteiger partial charge < -0.3 is 10.5 Å². The summed E-state index contributed by atoms with van der Waals surface area (Å²) in [6.07, 6.45) is 4.53. The molecule has 2 N–H and O–H groups in total. The quantitative estimate of drug-likeness (QED) is 0.723. The second kappa shape index (κ2) is 7.20. The zero-order chi connectivity index (χ0) is 12.0. The van der Waals surface area contributed by atoms with Gasteiger partial charge in [-0.25, -0.2) is 0 Å². The Labute approximate surface area is 104 Å². The van der Waals surface area contributed by atoms with Crippen molar-refractivity contribution in [1.82, 2.24) is 4.90 Å². The van der Waals surface area contributed by atoms with E-state index in [1.54, 1.807) is 7.11 Å². The van der Waals surface area contributed by atoms with E-state index in [2.05, 4.69) is 11.8 Å². The van der Waals surface area contributed by atoms with Gasteiger partial charge in [0.2, 0.25) is 0 Å². The van der Waals surface area contributed by atoms with Crippen molar-refractivity contribution in [1.29, 1.82) is 0 Å². The van der Waals surface area contributed by atoms with Gasteiger partial charge in [0, 0.05) is 26.1 Å². The summed E-state index contributed by atoms with van der Waals surface area (Å²) >= 11 is 5.01. The number of hydrogen-bond acceptors (Lipinski definition) is 3. The Morgan fingerprint density at radius 2 is 2.38 bits per heavy atom. The molecule has 1 saturated heterocycles. The monoisotopic (exact) mass is 244 g/mol. The summed E-state index contributed by atoms with van der Waals surface area (Å²) < 4.78 is 5.25. The van der Waals surface area contributed by atoms with Gasteiger partial charge in [-0.2, -0.15) is 0 Å². The van der Waals surface area contributed by atoms with Crippen LogP contribution in [0.4, 0.5) is 0 Å². The van der Waals surface area contributed by atoms with E-state index in [0.717, 1.165) is 26.0 Å². The summed E-state index contributed by atoms with van der Waals surface area (Å²) in [6, 6.07) is 0.525. The normalized spacial score (nSPS) is 24.2. The molecule has 0 aromatic carbocycles. The number of likely N-dealkylation sites (tertiary alicyclic amines) is 1. The third kappa shape index (κ3) is 4.36. The van der Waals surface area contributed by atoms with Crippen molar-refractivity contribution in [3.05, 3.63) is 0 Å². The van der Waals surface area contributed by atoms with Crippen molar-refractivity contribution in [3.63, 3.8) is 0 Å². The first-order valence-electron chi connectivity index (χ1n) is 6.18. The smallest absolute Gasteiger partial charge is 0.0743 e. The number of ether oxygens (including phenoxy) is 1. The molecule has 0 aromatic rings. The SMILES string of the molecule is CCC(CC(N)=S)N1CCCC(COC)C1. The van der Waals surface area contributed by atoms with Gasteiger partial charge in [-0.1, -0.05) is 19.1 Å². The van der Waals surface area contributed by atoms with E-state index < -0.39 is 0 Å². The molecule has 16 heavy (non-hydrogen) atoms. The lowest BCUT2D eigenvalue weighted by Crippen LogP contribution is -2.44. The molecule has 0 amide bonds. The molecule has 1 rings (SSSR count). The van der Waals surface area contributed by atoms with E-state index >= 15 is 0 Å². The van der Waals surface area contributed by atoms with Crippen LogP contribution in [0.1, 0.15) is 32.6 Å². The summed E-state index contributed by atoms with van der Waals surface area (Å²) in [5, 5.41) is 0. The third-order valence-corrected chi connectivity index (χ3v) is 3.54. The molecule has 4 heteroatoms. The van der Waals surface area contributed by atoms with E-state index in [-0.39, 0.29) is 0 Å².